The fourth-order valence-electron chi connectivity index (χ4n) is 1.26. The van der Waals surface area contributed by atoms with Crippen molar-refractivity contribution in [1.82, 2.24) is 4.98 Å². The number of pyridine rings is 1. The maximum absolute atomic E-state index is 8.81. The van der Waals surface area contributed by atoms with Crippen LogP contribution in [0.3, 0.4) is 0 Å². The van der Waals surface area contributed by atoms with Crippen LogP contribution in [-0.2, 0) is 4.79 Å². The molecule has 0 saturated carbocycles. The molecule has 1 aromatic carbocycles. The van der Waals surface area contributed by atoms with Crippen LogP contribution < -0.4 is 0 Å². The number of hydrogen-bond acceptors (Lipinski definition) is 2. The smallest absolute Gasteiger partial charge is 0.116 e. The monoisotopic (exact) mass is 187 g/mol. The number of aromatic nitrogens is 1. The molecular formula is C12H13NO. The average Bonchev–Trinajstić information content (AvgIpc) is 2.20. The van der Waals surface area contributed by atoms with Crippen LogP contribution in [0.2, 0.25) is 0 Å². The minimum Gasteiger partial charge on any atom is -0.304 e. The van der Waals surface area contributed by atoms with E-state index in [0.717, 1.165) is 11.8 Å². The second kappa shape index (κ2) is 5.12. The standard InChI is InChI=1S/C10H9N.C2H4O/c1-8-4-2-5-9-6-3-7-11-10(8)9;1-2-3/h2-7H,1H3;2H,1H3. The minimum absolute atomic E-state index is 0.750. The minimum atomic E-state index is 0.750. The van der Waals surface area contributed by atoms with Crippen LogP contribution in [0.25, 0.3) is 10.9 Å². The van der Waals surface area contributed by atoms with Crippen molar-refractivity contribution in [2.75, 3.05) is 0 Å². The number of carbonyl (C=O) groups excluding carboxylic acids is 1. The molecule has 0 unspecified atom stereocenters. The Balaban J connectivity index is 0.000000293. The van der Waals surface area contributed by atoms with Gasteiger partial charge in [0.25, 0.3) is 0 Å². The average molecular weight is 187 g/mol. The quantitative estimate of drug-likeness (QED) is 0.593. The Morgan fingerprint density at radius 3 is 2.50 bits per heavy atom. The maximum atomic E-state index is 8.81. The summed E-state index contributed by atoms with van der Waals surface area (Å²) in [6, 6.07) is 10.3. The van der Waals surface area contributed by atoms with Crippen molar-refractivity contribution in [3.8, 4) is 0 Å². The first-order valence-electron chi connectivity index (χ1n) is 4.49. The molecule has 0 spiro atoms. The molecule has 0 fully saturated rings. The summed E-state index contributed by atoms with van der Waals surface area (Å²) in [6.45, 7) is 3.52. The van der Waals surface area contributed by atoms with Crippen LogP contribution >= 0.6 is 0 Å². The van der Waals surface area contributed by atoms with Gasteiger partial charge < -0.3 is 4.79 Å². The number of fused-ring (bicyclic) bond motifs is 1. The summed E-state index contributed by atoms with van der Waals surface area (Å²) in [6.07, 6.45) is 2.58. The lowest BCUT2D eigenvalue weighted by Gasteiger charge is -1.97. The molecule has 1 heterocycles. The first kappa shape index (κ1) is 10.4. The molecule has 0 radical (unpaired) electrons. The first-order valence-corrected chi connectivity index (χ1v) is 4.49. The number of para-hydroxylation sites is 1. The molecule has 0 bridgehead atoms. The highest BCUT2D eigenvalue weighted by Crippen LogP contribution is 2.13. The van der Waals surface area contributed by atoms with Crippen molar-refractivity contribution in [3.63, 3.8) is 0 Å². The topological polar surface area (TPSA) is 30.0 Å². The number of hydrogen-bond donors (Lipinski definition) is 0. The summed E-state index contributed by atoms with van der Waals surface area (Å²) in [4.78, 5) is 13.1. The molecule has 2 nitrogen and oxygen atoms in total. The summed E-state index contributed by atoms with van der Waals surface area (Å²) in [7, 11) is 0. The molecule has 0 aliphatic rings. The Morgan fingerprint density at radius 2 is 1.86 bits per heavy atom. The molecule has 0 aliphatic heterocycles. The summed E-state index contributed by atoms with van der Waals surface area (Å²) in [5, 5.41) is 1.22. The SMILES string of the molecule is CC=O.Cc1cccc2cccnc12. The van der Waals surface area contributed by atoms with E-state index in [1.807, 2.05) is 12.3 Å². The third-order valence-corrected chi connectivity index (χ3v) is 1.83. The zero-order valence-electron chi connectivity index (χ0n) is 8.40. The van der Waals surface area contributed by atoms with Gasteiger partial charge in [-0.05, 0) is 25.5 Å². The van der Waals surface area contributed by atoms with Gasteiger partial charge in [-0.1, -0.05) is 24.3 Å². The second-order valence-corrected chi connectivity index (χ2v) is 2.89. The van der Waals surface area contributed by atoms with Gasteiger partial charge in [0.05, 0.1) is 5.52 Å². The lowest BCUT2D eigenvalue weighted by atomic mass is 10.1. The van der Waals surface area contributed by atoms with Crippen molar-refractivity contribution in [3.05, 3.63) is 42.1 Å². The van der Waals surface area contributed by atoms with Gasteiger partial charge in [0.2, 0.25) is 0 Å². The molecule has 14 heavy (non-hydrogen) atoms. The van der Waals surface area contributed by atoms with Crippen LogP contribution in [0, 0.1) is 6.92 Å². The zero-order valence-corrected chi connectivity index (χ0v) is 8.40. The van der Waals surface area contributed by atoms with Crippen LogP contribution in [0.15, 0.2) is 36.5 Å². The van der Waals surface area contributed by atoms with Gasteiger partial charge in [-0.15, -0.1) is 0 Å². The van der Waals surface area contributed by atoms with Crippen molar-refractivity contribution < 1.29 is 4.79 Å². The number of aldehydes is 1. The van der Waals surface area contributed by atoms with Gasteiger partial charge in [0.15, 0.2) is 0 Å². The summed E-state index contributed by atoms with van der Waals surface area (Å²) in [5.74, 6) is 0. The summed E-state index contributed by atoms with van der Waals surface area (Å²) in [5.41, 5.74) is 2.35. The highest BCUT2D eigenvalue weighted by Gasteiger charge is 1.93. The largest absolute Gasteiger partial charge is 0.304 e. The predicted molar refractivity (Wildman–Crippen MR) is 58.2 cm³/mol. The molecule has 0 N–H and O–H groups in total. The molecule has 0 atom stereocenters. The van der Waals surface area contributed by atoms with Crippen molar-refractivity contribution in [1.29, 1.82) is 0 Å². The number of nitrogens with zero attached hydrogens (tertiary/aromatic N) is 1. The molecule has 2 heteroatoms. The highest BCUT2D eigenvalue weighted by molar-refractivity contribution is 5.81. The van der Waals surface area contributed by atoms with E-state index in [2.05, 4.69) is 36.2 Å². The summed E-state index contributed by atoms with van der Waals surface area (Å²) < 4.78 is 0. The van der Waals surface area contributed by atoms with Gasteiger partial charge in [0, 0.05) is 11.6 Å². The molecule has 2 rings (SSSR count). The molecule has 72 valence electrons. The third-order valence-electron chi connectivity index (χ3n) is 1.83. The van der Waals surface area contributed by atoms with Gasteiger partial charge in [-0.3, -0.25) is 4.98 Å². The molecule has 1 aromatic heterocycles. The van der Waals surface area contributed by atoms with Crippen molar-refractivity contribution >= 4 is 17.2 Å². The Labute approximate surface area is 83.6 Å². The number of rotatable bonds is 0. The second-order valence-electron chi connectivity index (χ2n) is 2.89. The van der Waals surface area contributed by atoms with Crippen LogP contribution in [0.4, 0.5) is 0 Å². The Bertz CT molecular complexity index is 418. The third kappa shape index (κ3) is 2.39. The van der Waals surface area contributed by atoms with Gasteiger partial charge in [-0.25, -0.2) is 0 Å². The molecule has 0 amide bonds. The number of benzene rings is 1. The van der Waals surface area contributed by atoms with E-state index in [1.165, 1.54) is 17.9 Å². The van der Waals surface area contributed by atoms with Crippen molar-refractivity contribution in [2.24, 2.45) is 0 Å². The van der Waals surface area contributed by atoms with E-state index in [9.17, 15) is 0 Å². The van der Waals surface area contributed by atoms with Gasteiger partial charge >= 0.3 is 0 Å². The van der Waals surface area contributed by atoms with E-state index >= 15 is 0 Å². The molecule has 2 aromatic rings. The fourth-order valence-corrected chi connectivity index (χ4v) is 1.26. The highest BCUT2D eigenvalue weighted by atomic mass is 16.1. The lowest BCUT2D eigenvalue weighted by molar-refractivity contribution is -0.106. The Kier molecular flexibility index (Phi) is 3.80. The van der Waals surface area contributed by atoms with E-state index in [4.69, 9.17) is 4.79 Å². The summed E-state index contributed by atoms with van der Waals surface area (Å²) >= 11 is 0. The van der Waals surface area contributed by atoms with Crippen LogP contribution in [-0.4, -0.2) is 11.3 Å². The maximum Gasteiger partial charge on any atom is 0.116 e. The molecule has 0 saturated heterocycles. The van der Waals surface area contributed by atoms with E-state index in [0.29, 0.717) is 0 Å². The fraction of sp³-hybridized carbons (Fsp3) is 0.167. The van der Waals surface area contributed by atoms with E-state index < -0.39 is 0 Å². The van der Waals surface area contributed by atoms with Crippen LogP contribution in [0.1, 0.15) is 12.5 Å². The van der Waals surface area contributed by atoms with Gasteiger partial charge in [-0.2, -0.15) is 0 Å². The number of aryl methyl sites for hydroxylation is 1. The molecular weight excluding hydrogens is 174 g/mol. The first-order chi connectivity index (χ1) is 6.79. The van der Waals surface area contributed by atoms with Gasteiger partial charge in [0.1, 0.15) is 6.29 Å². The van der Waals surface area contributed by atoms with E-state index in [1.54, 1.807) is 0 Å². The lowest BCUT2D eigenvalue weighted by Crippen LogP contribution is -1.80. The predicted octanol–water partition coefficient (Wildman–Crippen LogP) is 2.75. The van der Waals surface area contributed by atoms with Crippen LogP contribution in [0.5, 0.6) is 0 Å². The molecule has 0 aliphatic carbocycles. The zero-order chi connectivity index (χ0) is 10.4. The number of carbonyl (C=O) groups is 1. The normalized spacial score (nSPS) is 9.00. The Hall–Kier alpha value is -1.70. The van der Waals surface area contributed by atoms with Crippen molar-refractivity contribution in [2.45, 2.75) is 13.8 Å². The van der Waals surface area contributed by atoms with E-state index in [-0.39, 0.29) is 0 Å². The Morgan fingerprint density at radius 1 is 1.21 bits per heavy atom.